The van der Waals surface area contributed by atoms with Gasteiger partial charge in [0, 0.05) is 32.3 Å². The van der Waals surface area contributed by atoms with Gasteiger partial charge in [-0.1, -0.05) is 133 Å². The number of para-hydroxylation sites is 3. The summed E-state index contributed by atoms with van der Waals surface area (Å²) in [5.74, 6) is 0. The average Bonchev–Trinajstić information content (AvgIpc) is 3.83. The maximum absolute atomic E-state index is 2.50. The summed E-state index contributed by atoms with van der Waals surface area (Å²) >= 11 is 0. The molecule has 0 radical (unpaired) electrons. The molecule has 0 aliphatic rings. The van der Waals surface area contributed by atoms with Crippen LogP contribution >= 0.6 is 0 Å². The third-order valence-corrected chi connectivity index (χ3v) is 10.6. The van der Waals surface area contributed by atoms with Gasteiger partial charge in [-0.15, -0.1) is 0 Å². The first-order valence-corrected chi connectivity index (χ1v) is 17.3. The summed E-state index contributed by atoms with van der Waals surface area (Å²) in [4.78, 5) is 0. The number of aromatic nitrogens is 2. The lowest BCUT2D eigenvalue weighted by atomic mass is 9.93. The number of rotatable bonds is 4. The van der Waals surface area contributed by atoms with Crippen LogP contribution in [-0.2, 0) is 0 Å². The third kappa shape index (κ3) is 3.85. The molecule has 0 aliphatic carbocycles. The molecule has 0 amide bonds. The van der Waals surface area contributed by atoms with Gasteiger partial charge in [-0.3, -0.25) is 0 Å². The van der Waals surface area contributed by atoms with Gasteiger partial charge in [0.25, 0.3) is 0 Å². The third-order valence-electron chi connectivity index (χ3n) is 10.6. The van der Waals surface area contributed by atoms with E-state index in [0.717, 1.165) is 0 Å². The van der Waals surface area contributed by atoms with Crippen LogP contribution in [-0.4, -0.2) is 8.97 Å². The zero-order valence-corrected chi connectivity index (χ0v) is 27.2. The Bertz CT molecular complexity index is 3010. The molecule has 0 fully saturated rings. The van der Waals surface area contributed by atoms with Gasteiger partial charge in [0.2, 0.25) is 0 Å². The van der Waals surface area contributed by atoms with Crippen molar-refractivity contribution >= 4 is 59.9 Å². The second-order valence-corrected chi connectivity index (χ2v) is 13.3. The molecule has 0 bridgehead atoms. The Morgan fingerprint density at radius 3 is 1.52 bits per heavy atom. The second kappa shape index (κ2) is 10.4. The molecule has 11 rings (SSSR count). The topological polar surface area (TPSA) is 9.34 Å². The van der Waals surface area contributed by atoms with Crippen LogP contribution in [0.3, 0.4) is 0 Å². The molecule has 8 aromatic carbocycles. The summed E-state index contributed by atoms with van der Waals surface area (Å²) < 4.78 is 4.97. The van der Waals surface area contributed by atoms with Crippen molar-refractivity contribution in [2.24, 2.45) is 0 Å². The summed E-state index contributed by atoms with van der Waals surface area (Å²) in [7, 11) is 0. The maximum atomic E-state index is 2.50. The predicted molar refractivity (Wildman–Crippen MR) is 212 cm³/mol. The van der Waals surface area contributed by atoms with Gasteiger partial charge in [0.05, 0.1) is 33.3 Å². The second-order valence-electron chi connectivity index (χ2n) is 13.3. The summed E-state index contributed by atoms with van der Waals surface area (Å²) in [5.41, 5.74) is 14.7. The minimum Gasteiger partial charge on any atom is -0.309 e. The molecule has 0 unspecified atom stereocenters. The minimum absolute atomic E-state index is 1.20. The van der Waals surface area contributed by atoms with Gasteiger partial charge >= 0.3 is 0 Å². The van der Waals surface area contributed by atoms with Crippen molar-refractivity contribution in [2.75, 3.05) is 0 Å². The Balaban J connectivity index is 1.21. The Kier molecular flexibility index (Phi) is 5.70. The van der Waals surface area contributed by atoms with Crippen LogP contribution in [0.1, 0.15) is 0 Å². The molecule has 0 saturated heterocycles. The Morgan fingerprint density at radius 2 is 0.800 bits per heavy atom. The summed E-state index contributed by atoms with van der Waals surface area (Å²) in [6.07, 6.45) is 0. The number of benzene rings is 8. The Morgan fingerprint density at radius 1 is 0.280 bits per heavy atom. The lowest BCUT2D eigenvalue weighted by Gasteiger charge is -2.13. The van der Waals surface area contributed by atoms with Crippen LogP contribution in [0.2, 0.25) is 0 Å². The number of fused-ring (bicyclic) bond motifs is 9. The van der Waals surface area contributed by atoms with Gasteiger partial charge in [-0.2, -0.15) is 0 Å². The fourth-order valence-corrected chi connectivity index (χ4v) is 8.45. The van der Waals surface area contributed by atoms with Crippen molar-refractivity contribution in [3.63, 3.8) is 0 Å². The van der Waals surface area contributed by atoms with E-state index >= 15 is 0 Å². The molecule has 2 nitrogen and oxygen atoms in total. The van der Waals surface area contributed by atoms with Crippen LogP contribution in [0.4, 0.5) is 0 Å². The summed E-state index contributed by atoms with van der Waals surface area (Å²) in [5, 5.41) is 7.69. The zero-order valence-electron chi connectivity index (χ0n) is 27.2. The molecule has 0 atom stereocenters. The van der Waals surface area contributed by atoms with E-state index in [4.69, 9.17) is 0 Å². The van der Waals surface area contributed by atoms with Crippen LogP contribution in [0.25, 0.3) is 99.0 Å². The fourth-order valence-electron chi connectivity index (χ4n) is 8.45. The standard InChI is InChI=1S/C48H30N2/c1-3-13-31(14-4-1)34-27-35(32-15-5-2-6-16-32)29-36(28-34)33-25-26-39-37-17-7-9-21-42(37)49(46(39)30-33)44-23-12-24-45-47(44)41-20-11-19-40-38-18-8-10-22-43(38)50(45)48(40)41/h1-30H. The normalized spacial score (nSPS) is 12.0. The first kappa shape index (κ1) is 27.3. The Hall–Kier alpha value is -6.64. The van der Waals surface area contributed by atoms with Crippen molar-refractivity contribution in [3.05, 3.63) is 182 Å². The monoisotopic (exact) mass is 634 g/mol. The van der Waals surface area contributed by atoms with Crippen LogP contribution in [0, 0.1) is 0 Å². The summed E-state index contributed by atoms with van der Waals surface area (Å²) in [6.45, 7) is 0. The van der Waals surface area contributed by atoms with Gasteiger partial charge in [0.15, 0.2) is 0 Å². The lowest BCUT2D eigenvalue weighted by Crippen LogP contribution is -1.95. The van der Waals surface area contributed by atoms with E-state index in [9.17, 15) is 0 Å². The zero-order chi connectivity index (χ0) is 32.8. The molecule has 3 heterocycles. The van der Waals surface area contributed by atoms with E-state index in [1.807, 2.05) is 0 Å². The molecule has 0 aliphatic heterocycles. The molecule has 2 heteroatoms. The van der Waals surface area contributed by atoms with Crippen molar-refractivity contribution in [1.82, 2.24) is 8.97 Å². The predicted octanol–water partition coefficient (Wildman–Crippen LogP) is 12.9. The van der Waals surface area contributed by atoms with Crippen LogP contribution < -0.4 is 0 Å². The van der Waals surface area contributed by atoms with Gasteiger partial charge in [-0.05, 0) is 81.9 Å². The number of nitrogens with zero attached hydrogens (tertiary/aromatic N) is 2. The highest BCUT2D eigenvalue weighted by molar-refractivity contribution is 6.25. The molecular weight excluding hydrogens is 605 g/mol. The molecule has 232 valence electrons. The molecule has 11 aromatic rings. The number of hydrogen-bond donors (Lipinski definition) is 0. The van der Waals surface area contributed by atoms with E-state index in [-0.39, 0.29) is 0 Å². The van der Waals surface area contributed by atoms with Crippen molar-refractivity contribution < 1.29 is 0 Å². The highest BCUT2D eigenvalue weighted by Crippen LogP contribution is 2.44. The van der Waals surface area contributed by atoms with Gasteiger partial charge in [0.1, 0.15) is 0 Å². The molecule has 50 heavy (non-hydrogen) atoms. The molecule has 3 aromatic heterocycles. The lowest BCUT2D eigenvalue weighted by molar-refractivity contribution is 1.20. The van der Waals surface area contributed by atoms with Gasteiger partial charge < -0.3 is 8.97 Å². The van der Waals surface area contributed by atoms with Crippen molar-refractivity contribution in [3.8, 4) is 39.1 Å². The smallest absolute Gasteiger partial charge is 0.0621 e. The van der Waals surface area contributed by atoms with E-state index in [2.05, 4.69) is 191 Å². The summed E-state index contributed by atoms with van der Waals surface area (Å²) in [6, 6.07) is 66.7. The highest BCUT2D eigenvalue weighted by atomic mass is 15.0. The van der Waals surface area contributed by atoms with Crippen LogP contribution in [0.15, 0.2) is 182 Å². The van der Waals surface area contributed by atoms with E-state index < -0.39 is 0 Å². The molecule has 0 spiro atoms. The van der Waals surface area contributed by atoms with E-state index in [1.54, 1.807) is 0 Å². The molecule has 0 N–H and O–H groups in total. The molecule has 0 saturated carbocycles. The highest BCUT2D eigenvalue weighted by Gasteiger charge is 2.22. The average molecular weight is 635 g/mol. The first-order chi connectivity index (χ1) is 24.8. The van der Waals surface area contributed by atoms with Gasteiger partial charge in [-0.25, -0.2) is 0 Å². The largest absolute Gasteiger partial charge is 0.309 e. The fraction of sp³-hybridized carbons (Fsp3) is 0. The quantitative estimate of drug-likeness (QED) is 0.182. The minimum atomic E-state index is 1.20. The first-order valence-electron chi connectivity index (χ1n) is 17.3. The number of hydrogen-bond acceptors (Lipinski definition) is 0. The van der Waals surface area contributed by atoms with E-state index in [1.165, 1.54) is 99.0 Å². The van der Waals surface area contributed by atoms with E-state index in [0.29, 0.717) is 0 Å². The van der Waals surface area contributed by atoms with Crippen molar-refractivity contribution in [2.45, 2.75) is 0 Å². The molecular formula is C48H30N2. The Labute approximate surface area is 289 Å². The van der Waals surface area contributed by atoms with Crippen LogP contribution in [0.5, 0.6) is 0 Å². The maximum Gasteiger partial charge on any atom is 0.0621 e. The SMILES string of the molecule is c1ccc(-c2cc(-c3ccccc3)cc(-c3ccc4c5ccccc5n(-c5cccc6c5c5cccc7c8ccccc8n6c75)c4c3)c2)cc1. The van der Waals surface area contributed by atoms with Crippen molar-refractivity contribution in [1.29, 1.82) is 0 Å².